The molecule has 10 heteroatoms. The Kier molecular flexibility index (Phi) is 8.32. The summed E-state index contributed by atoms with van der Waals surface area (Å²) in [6.07, 6.45) is 0.638. The van der Waals surface area contributed by atoms with Crippen molar-refractivity contribution in [3.8, 4) is 0 Å². The van der Waals surface area contributed by atoms with Crippen LogP contribution in [0.25, 0.3) is 0 Å². The molecule has 7 nitrogen and oxygen atoms in total. The number of amides is 2. The topological polar surface area (TPSA) is 95.6 Å². The summed E-state index contributed by atoms with van der Waals surface area (Å²) < 4.78 is 41.9. The van der Waals surface area contributed by atoms with E-state index in [1.807, 2.05) is 30.3 Å². The summed E-state index contributed by atoms with van der Waals surface area (Å²) >= 11 is 0.965. The maximum Gasteiger partial charge on any atom is 0.274 e. The molecule has 0 aliphatic heterocycles. The van der Waals surface area contributed by atoms with E-state index in [9.17, 15) is 22.4 Å². The lowest BCUT2D eigenvalue weighted by Gasteiger charge is -2.24. The van der Waals surface area contributed by atoms with Crippen molar-refractivity contribution in [1.82, 2.24) is 5.32 Å². The number of para-hydroxylation sites is 2. The highest BCUT2D eigenvalue weighted by atomic mass is 32.2. The molecule has 0 saturated heterocycles. The van der Waals surface area contributed by atoms with Gasteiger partial charge in [-0.1, -0.05) is 60.7 Å². The maximum atomic E-state index is 14.6. The van der Waals surface area contributed by atoms with Crippen LogP contribution in [0, 0.1) is 5.82 Å². The number of nitrogens with one attached hydrogen (secondary N) is 2. The van der Waals surface area contributed by atoms with Crippen molar-refractivity contribution in [3.63, 3.8) is 0 Å². The van der Waals surface area contributed by atoms with Gasteiger partial charge >= 0.3 is 0 Å². The number of carbonyl (C=O) groups excluding carboxylic acids is 2. The first-order valence-electron chi connectivity index (χ1n) is 11.4. The number of benzene rings is 3. The van der Waals surface area contributed by atoms with E-state index in [0.717, 1.165) is 27.3 Å². The second-order valence-corrected chi connectivity index (χ2v) is 11.0. The van der Waals surface area contributed by atoms with Crippen molar-refractivity contribution in [2.45, 2.75) is 10.6 Å². The molecule has 0 aliphatic carbocycles. The second-order valence-electron chi connectivity index (χ2n) is 7.98. The Morgan fingerprint density at radius 2 is 1.57 bits per heavy atom. The van der Waals surface area contributed by atoms with E-state index in [-0.39, 0.29) is 27.1 Å². The number of carbonyl (C=O) groups is 2. The molecular weight excluding hydrogens is 513 g/mol. The van der Waals surface area contributed by atoms with E-state index in [1.54, 1.807) is 35.7 Å². The lowest BCUT2D eigenvalue weighted by molar-refractivity contribution is -0.114. The van der Waals surface area contributed by atoms with Crippen LogP contribution in [0.4, 0.5) is 15.8 Å². The Labute approximate surface area is 218 Å². The van der Waals surface area contributed by atoms with Crippen LogP contribution in [0.5, 0.6) is 0 Å². The minimum atomic E-state index is -4.21. The number of rotatable bonds is 10. The highest BCUT2D eigenvalue weighted by Crippen LogP contribution is 2.28. The van der Waals surface area contributed by atoms with Crippen molar-refractivity contribution in [1.29, 1.82) is 0 Å². The van der Waals surface area contributed by atoms with Crippen molar-refractivity contribution in [3.05, 3.63) is 113 Å². The minimum Gasteiger partial charge on any atom is -0.352 e. The van der Waals surface area contributed by atoms with E-state index in [1.165, 1.54) is 24.3 Å². The highest BCUT2D eigenvalue weighted by molar-refractivity contribution is 7.94. The summed E-state index contributed by atoms with van der Waals surface area (Å²) in [6.45, 7) is -0.295. The van der Waals surface area contributed by atoms with E-state index in [2.05, 4.69) is 10.6 Å². The fraction of sp³-hybridized carbons (Fsp3) is 0.111. The van der Waals surface area contributed by atoms with Crippen LogP contribution in [0.2, 0.25) is 0 Å². The molecule has 2 N–H and O–H groups in total. The summed E-state index contributed by atoms with van der Waals surface area (Å²) in [5.41, 5.74) is 1.26. The third-order valence-electron chi connectivity index (χ3n) is 5.44. The van der Waals surface area contributed by atoms with Crippen LogP contribution in [-0.2, 0) is 21.2 Å². The summed E-state index contributed by atoms with van der Waals surface area (Å²) in [7, 11) is -4.21. The Balaban J connectivity index is 1.51. The fourth-order valence-electron chi connectivity index (χ4n) is 3.64. The van der Waals surface area contributed by atoms with Crippen LogP contribution >= 0.6 is 11.3 Å². The van der Waals surface area contributed by atoms with Gasteiger partial charge in [-0.2, -0.15) is 0 Å². The molecular formula is C27H24FN3O4S2. The number of hydrogen-bond acceptors (Lipinski definition) is 5. The smallest absolute Gasteiger partial charge is 0.274 e. The lowest BCUT2D eigenvalue weighted by atomic mass is 10.1. The maximum absolute atomic E-state index is 14.6. The number of thiophene rings is 1. The third-order valence-corrected chi connectivity index (χ3v) is 8.57. The van der Waals surface area contributed by atoms with Gasteiger partial charge < -0.3 is 10.6 Å². The van der Waals surface area contributed by atoms with Crippen molar-refractivity contribution in [2.75, 3.05) is 22.7 Å². The van der Waals surface area contributed by atoms with Gasteiger partial charge in [0.2, 0.25) is 5.91 Å². The molecule has 3 aromatic carbocycles. The average Bonchev–Trinajstić information content (AvgIpc) is 3.45. The predicted molar refractivity (Wildman–Crippen MR) is 143 cm³/mol. The van der Waals surface area contributed by atoms with Gasteiger partial charge in [-0.15, -0.1) is 11.3 Å². The van der Waals surface area contributed by atoms with Gasteiger partial charge in [0.25, 0.3) is 15.9 Å². The SMILES string of the molecule is O=C(CN(c1ccccc1F)S(=O)(=O)c1cccs1)Nc1ccccc1C(=O)NCCc1ccccc1. The van der Waals surface area contributed by atoms with Gasteiger partial charge in [0.1, 0.15) is 16.6 Å². The van der Waals surface area contributed by atoms with Crippen LogP contribution in [0.3, 0.4) is 0 Å². The van der Waals surface area contributed by atoms with E-state index in [0.29, 0.717) is 13.0 Å². The number of hydrogen-bond donors (Lipinski definition) is 2. The number of anilines is 2. The summed E-state index contributed by atoms with van der Waals surface area (Å²) in [5, 5.41) is 7.03. The van der Waals surface area contributed by atoms with Crippen molar-refractivity contribution < 1.29 is 22.4 Å². The van der Waals surface area contributed by atoms with Gasteiger partial charge in [-0.25, -0.2) is 12.8 Å². The number of sulfonamides is 1. The Hall–Kier alpha value is -4.02. The van der Waals surface area contributed by atoms with E-state index in [4.69, 9.17) is 0 Å². The molecule has 2 amide bonds. The molecule has 0 bridgehead atoms. The normalized spacial score (nSPS) is 11.1. The molecule has 1 heterocycles. The lowest BCUT2D eigenvalue weighted by Crippen LogP contribution is -2.38. The molecule has 0 fully saturated rings. The van der Waals surface area contributed by atoms with E-state index >= 15 is 0 Å². The molecule has 1 aromatic heterocycles. The molecule has 0 saturated carbocycles. The highest BCUT2D eigenvalue weighted by Gasteiger charge is 2.30. The van der Waals surface area contributed by atoms with Crippen molar-refractivity contribution in [2.24, 2.45) is 0 Å². The second kappa shape index (κ2) is 11.8. The zero-order chi connectivity index (χ0) is 26.3. The molecule has 0 spiro atoms. The van der Waals surface area contributed by atoms with Crippen LogP contribution in [-0.4, -0.2) is 33.3 Å². The van der Waals surface area contributed by atoms with Crippen molar-refractivity contribution >= 4 is 44.5 Å². The van der Waals surface area contributed by atoms with Gasteiger partial charge in [-0.3, -0.25) is 13.9 Å². The quantitative estimate of drug-likeness (QED) is 0.307. The molecule has 0 atom stereocenters. The number of halogens is 1. The van der Waals surface area contributed by atoms with Gasteiger partial charge in [-0.05, 0) is 47.7 Å². The molecule has 0 aliphatic rings. The first kappa shape index (κ1) is 26.1. The van der Waals surface area contributed by atoms with Gasteiger partial charge in [0.15, 0.2) is 0 Å². The molecule has 37 heavy (non-hydrogen) atoms. The predicted octanol–water partition coefficient (Wildman–Crippen LogP) is 4.69. The zero-order valence-corrected chi connectivity index (χ0v) is 21.3. The molecule has 4 aromatic rings. The fourth-order valence-corrected chi connectivity index (χ4v) is 6.18. The third kappa shape index (κ3) is 6.41. The minimum absolute atomic E-state index is 0.0262. The Morgan fingerprint density at radius 1 is 0.865 bits per heavy atom. The Bertz CT molecular complexity index is 1480. The summed E-state index contributed by atoms with van der Waals surface area (Å²) in [4.78, 5) is 25.9. The molecule has 4 rings (SSSR count). The van der Waals surface area contributed by atoms with Crippen LogP contribution in [0.1, 0.15) is 15.9 Å². The monoisotopic (exact) mass is 537 g/mol. The van der Waals surface area contributed by atoms with Gasteiger partial charge in [0.05, 0.1) is 16.9 Å². The molecule has 190 valence electrons. The number of nitrogens with zero attached hydrogens (tertiary/aromatic N) is 1. The van der Waals surface area contributed by atoms with Gasteiger partial charge in [0, 0.05) is 6.54 Å². The zero-order valence-electron chi connectivity index (χ0n) is 19.6. The average molecular weight is 538 g/mol. The van der Waals surface area contributed by atoms with E-state index < -0.39 is 28.3 Å². The molecule has 0 radical (unpaired) electrons. The summed E-state index contributed by atoms with van der Waals surface area (Å²) in [6, 6.07) is 24.4. The summed E-state index contributed by atoms with van der Waals surface area (Å²) in [5.74, 6) is -1.90. The first-order chi connectivity index (χ1) is 17.9. The Morgan fingerprint density at radius 3 is 2.30 bits per heavy atom. The standard InChI is InChI=1S/C27H24FN3O4S2/c28-22-12-5-7-14-24(22)31(37(34,35)26-15-8-18-36-26)19-25(32)30-23-13-6-4-11-21(23)27(33)29-17-16-20-9-2-1-3-10-20/h1-15,18H,16-17,19H2,(H,29,33)(H,30,32). The largest absolute Gasteiger partial charge is 0.352 e. The van der Waals surface area contributed by atoms with Crippen LogP contribution in [0.15, 0.2) is 101 Å². The first-order valence-corrected chi connectivity index (χ1v) is 13.7. The van der Waals surface area contributed by atoms with Crippen LogP contribution < -0.4 is 14.9 Å². The molecule has 0 unspecified atom stereocenters.